The lowest BCUT2D eigenvalue weighted by molar-refractivity contribution is -0.384. The Morgan fingerprint density at radius 3 is 2.80 bits per heavy atom. The fourth-order valence-corrected chi connectivity index (χ4v) is 2.41. The summed E-state index contributed by atoms with van der Waals surface area (Å²) in [6.45, 7) is 0. The van der Waals surface area contributed by atoms with E-state index in [0.717, 1.165) is 0 Å². The highest BCUT2D eigenvalue weighted by atomic mass is 35.5. The molecule has 0 aromatic heterocycles. The van der Waals surface area contributed by atoms with E-state index in [1.807, 2.05) is 0 Å². The number of nitro benzene ring substituents is 1. The first-order chi connectivity index (χ1) is 9.54. The number of non-ortho nitro benzene ring substituents is 1. The fourth-order valence-electron chi connectivity index (χ4n) is 2.08. The molecular formula is C13H11ClN2O4. The number of nitro groups is 1. The SMILES string of the molecule is O=C(C1=C(Cl)CCC/C1=N/O)c1cccc([N+](=O)[O-])c1. The number of rotatable bonds is 3. The number of allylic oxidation sites excluding steroid dienone is 2. The Morgan fingerprint density at radius 1 is 1.40 bits per heavy atom. The molecule has 0 radical (unpaired) electrons. The third-order valence-electron chi connectivity index (χ3n) is 3.04. The van der Waals surface area contributed by atoms with E-state index in [0.29, 0.717) is 24.3 Å². The molecule has 7 heteroatoms. The van der Waals surface area contributed by atoms with E-state index in [1.54, 1.807) is 0 Å². The molecule has 0 heterocycles. The van der Waals surface area contributed by atoms with Gasteiger partial charge in [0.05, 0.1) is 16.2 Å². The molecule has 20 heavy (non-hydrogen) atoms. The molecule has 1 aliphatic rings. The minimum absolute atomic E-state index is 0.140. The van der Waals surface area contributed by atoms with E-state index in [1.165, 1.54) is 24.3 Å². The van der Waals surface area contributed by atoms with Gasteiger partial charge in [0.1, 0.15) is 0 Å². The Hall–Kier alpha value is -2.21. The third-order valence-corrected chi connectivity index (χ3v) is 3.41. The molecule has 0 bridgehead atoms. The Balaban J connectivity index is 2.45. The van der Waals surface area contributed by atoms with Crippen molar-refractivity contribution in [1.82, 2.24) is 0 Å². The van der Waals surface area contributed by atoms with Crippen LogP contribution in [0.25, 0.3) is 0 Å². The summed E-state index contributed by atoms with van der Waals surface area (Å²) in [6, 6.07) is 5.38. The number of ketones is 1. The summed E-state index contributed by atoms with van der Waals surface area (Å²) in [5.74, 6) is -0.466. The van der Waals surface area contributed by atoms with Gasteiger partial charge in [0.15, 0.2) is 5.78 Å². The second-order valence-corrected chi connectivity index (χ2v) is 4.77. The first-order valence-electron chi connectivity index (χ1n) is 5.93. The van der Waals surface area contributed by atoms with Crippen molar-refractivity contribution in [2.24, 2.45) is 5.16 Å². The van der Waals surface area contributed by atoms with Crippen LogP contribution < -0.4 is 0 Å². The van der Waals surface area contributed by atoms with Crippen molar-refractivity contribution in [2.45, 2.75) is 19.3 Å². The van der Waals surface area contributed by atoms with Crippen LogP contribution in [-0.2, 0) is 0 Å². The van der Waals surface area contributed by atoms with Gasteiger partial charge in [-0.2, -0.15) is 0 Å². The highest BCUT2D eigenvalue weighted by Crippen LogP contribution is 2.29. The molecule has 1 N–H and O–H groups in total. The summed E-state index contributed by atoms with van der Waals surface area (Å²) in [7, 11) is 0. The fraction of sp³-hybridized carbons (Fsp3) is 0.231. The van der Waals surface area contributed by atoms with Gasteiger partial charge in [0, 0.05) is 22.7 Å². The van der Waals surface area contributed by atoms with Gasteiger partial charge in [-0.25, -0.2) is 0 Å². The lowest BCUT2D eigenvalue weighted by atomic mass is 9.91. The van der Waals surface area contributed by atoms with E-state index in [-0.39, 0.29) is 22.5 Å². The second-order valence-electron chi connectivity index (χ2n) is 4.32. The molecule has 1 aromatic rings. The van der Waals surface area contributed by atoms with Gasteiger partial charge in [-0.15, -0.1) is 0 Å². The van der Waals surface area contributed by atoms with E-state index < -0.39 is 10.7 Å². The van der Waals surface area contributed by atoms with Gasteiger partial charge in [-0.3, -0.25) is 14.9 Å². The molecular weight excluding hydrogens is 284 g/mol. The first kappa shape index (κ1) is 14.2. The van der Waals surface area contributed by atoms with Crippen molar-refractivity contribution in [3.8, 4) is 0 Å². The lowest BCUT2D eigenvalue weighted by Crippen LogP contribution is -2.18. The molecule has 0 aliphatic heterocycles. The number of nitrogens with zero attached hydrogens (tertiary/aromatic N) is 2. The van der Waals surface area contributed by atoms with Crippen LogP contribution in [0.4, 0.5) is 5.69 Å². The normalized spacial score (nSPS) is 17.4. The molecule has 1 aromatic carbocycles. The quantitative estimate of drug-likeness (QED) is 0.400. The van der Waals surface area contributed by atoms with Gasteiger partial charge < -0.3 is 5.21 Å². The van der Waals surface area contributed by atoms with Gasteiger partial charge in [-0.05, 0) is 19.3 Å². The Kier molecular flexibility index (Phi) is 4.14. The van der Waals surface area contributed by atoms with Crippen LogP contribution in [-0.4, -0.2) is 21.6 Å². The zero-order valence-corrected chi connectivity index (χ0v) is 11.1. The molecule has 0 spiro atoms. The topological polar surface area (TPSA) is 92.8 Å². The largest absolute Gasteiger partial charge is 0.411 e. The Bertz CT molecular complexity index is 637. The maximum absolute atomic E-state index is 12.4. The maximum Gasteiger partial charge on any atom is 0.270 e. The highest BCUT2D eigenvalue weighted by Gasteiger charge is 2.26. The van der Waals surface area contributed by atoms with Crippen molar-refractivity contribution >= 4 is 28.8 Å². The zero-order chi connectivity index (χ0) is 14.7. The van der Waals surface area contributed by atoms with Crippen LogP contribution >= 0.6 is 11.6 Å². The minimum Gasteiger partial charge on any atom is -0.411 e. The van der Waals surface area contributed by atoms with Crippen LogP contribution in [0, 0.1) is 10.1 Å². The minimum atomic E-state index is -0.575. The van der Waals surface area contributed by atoms with Crippen molar-refractivity contribution in [3.05, 3.63) is 50.5 Å². The van der Waals surface area contributed by atoms with E-state index >= 15 is 0 Å². The molecule has 6 nitrogen and oxygen atoms in total. The summed E-state index contributed by atoms with van der Waals surface area (Å²) < 4.78 is 0. The number of oxime groups is 1. The third kappa shape index (κ3) is 2.70. The summed E-state index contributed by atoms with van der Waals surface area (Å²) in [5.41, 5.74) is 0.333. The monoisotopic (exact) mass is 294 g/mol. The van der Waals surface area contributed by atoms with Crippen molar-refractivity contribution in [1.29, 1.82) is 0 Å². The van der Waals surface area contributed by atoms with Gasteiger partial charge >= 0.3 is 0 Å². The predicted octanol–water partition coefficient (Wildman–Crippen LogP) is 3.28. The van der Waals surface area contributed by atoms with Crippen LogP contribution in [0.1, 0.15) is 29.6 Å². The molecule has 0 saturated heterocycles. The lowest BCUT2D eigenvalue weighted by Gasteiger charge is -2.16. The number of halogens is 1. The van der Waals surface area contributed by atoms with Gasteiger partial charge in [0.2, 0.25) is 0 Å². The number of Topliss-reactive ketones (excluding diaryl/α,β-unsaturated/α-hetero) is 1. The van der Waals surface area contributed by atoms with E-state index in [2.05, 4.69) is 5.16 Å². The molecule has 0 unspecified atom stereocenters. The number of carbonyl (C=O) groups is 1. The van der Waals surface area contributed by atoms with Crippen molar-refractivity contribution < 1.29 is 14.9 Å². The van der Waals surface area contributed by atoms with Crippen LogP contribution in [0.5, 0.6) is 0 Å². The highest BCUT2D eigenvalue weighted by molar-refractivity contribution is 6.40. The molecule has 0 saturated carbocycles. The van der Waals surface area contributed by atoms with Crippen LogP contribution in [0.15, 0.2) is 40.0 Å². The average molecular weight is 295 g/mol. The first-order valence-corrected chi connectivity index (χ1v) is 6.31. The van der Waals surface area contributed by atoms with Gasteiger partial charge in [-0.1, -0.05) is 28.9 Å². The van der Waals surface area contributed by atoms with Crippen molar-refractivity contribution in [2.75, 3.05) is 0 Å². The Morgan fingerprint density at radius 2 is 2.15 bits per heavy atom. The molecule has 0 atom stereocenters. The molecule has 104 valence electrons. The predicted molar refractivity (Wildman–Crippen MR) is 73.4 cm³/mol. The van der Waals surface area contributed by atoms with Crippen LogP contribution in [0.3, 0.4) is 0 Å². The summed E-state index contributed by atoms with van der Waals surface area (Å²) in [5, 5.41) is 23.1. The van der Waals surface area contributed by atoms with Gasteiger partial charge in [0.25, 0.3) is 5.69 Å². The molecule has 2 rings (SSSR count). The van der Waals surface area contributed by atoms with Crippen molar-refractivity contribution in [3.63, 3.8) is 0 Å². The maximum atomic E-state index is 12.4. The number of hydrogen-bond acceptors (Lipinski definition) is 5. The van der Waals surface area contributed by atoms with E-state index in [9.17, 15) is 14.9 Å². The average Bonchev–Trinajstić information content (AvgIpc) is 2.46. The summed E-state index contributed by atoms with van der Waals surface area (Å²) >= 11 is 6.04. The molecule has 0 fully saturated rings. The molecule has 0 amide bonds. The summed E-state index contributed by atoms with van der Waals surface area (Å²) in [6.07, 6.45) is 1.67. The molecule has 1 aliphatic carbocycles. The zero-order valence-electron chi connectivity index (χ0n) is 10.4. The smallest absolute Gasteiger partial charge is 0.270 e. The number of benzene rings is 1. The second kappa shape index (κ2) is 5.83. The number of hydrogen-bond donors (Lipinski definition) is 1. The summed E-state index contributed by atoms with van der Waals surface area (Å²) in [4.78, 5) is 22.6. The van der Waals surface area contributed by atoms with Crippen LogP contribution in [0.2, 0.25) is 0 Å². The standard InChI is InChI=1S/C13H11ClN2O4/c14-10-5-2-6-11(15-18)12(10)13(17)8-3-1-4-9(7-8)16(19)20/h1,3-4,7,18H,2,5-6H2/b15-11-. The number of carbonyl (C=O) groups excluding carboxylic acids is 1. The Labute approximate surface area is 119 Å². The van der Waals surface area contributed by atoms with E-state index in [4.69, 9.17) is 16.8 Å².